The highest BCUT2D eigenvalue weighted by Crippen LogP contribution is 2.33. The van der Waals surface area contributed by atoms with Crippen molar-refractivity contribution < 1.29 is 21.6 Å². The van der Waals surface area contributed by atoms with Crippen LogP contribution in [0.5, 0.6) is 0 Å². The highest BCUT2D eigenvalue weighted by Gasteiger charge is 2.34. The molecule has 3 aromatic rings. The zero-order valence-electron chi connectivity index (χ0n) is 16.3. The van der Waals surface area contributed by atoms with Crippen molar-refractivity contribution in [2.45, 2.75) is 11.1 Å². The highest BCUT2D eigenvalue weighted by molar-refractivity contribution is 7.89. The molecule has 12 heteroatoms. The van der Waals surface area contributed by atoms with Gasteiger partial charge in [0.1, 0.15) is 0 Å². The number of piperazine rings is 1. The molecule has 2 heterocycles. The summed E-state index contributed by atoms with van der Waals surface area (Å²) in [5.74, 6) is 0. The van der Waals surface area contributed by atoms with Crippen LogP contribution in [0.1, 0.15) is 5.56 Å². The molecule has 1 aromatic heterocycles. The molecule has 0 bridgehead atoms. The third-order valence-corrected chi connectivity index (χ3v) is 8.19. The molecule has 170 valence electrons. The van der Waals surface area contributed by atoms with E-state index in [1.54, 1.807) is 18.2 Å². The summed E-state index contributed by atoms with van der Waals surface area (Å²) in [6, 6.07) is 8.95. The summed E-state index contributed by atoms with van der Waals surface area (Å²) in [5.41, 5.74) is 0.484. The van der Waals surface area contributed by atoms with Gasteiger partial charge in [0.25, 0.3) is 0 Å². The third kappa shape index (κ3) is 4.89. The summed E-state index contributed by atoms with van der Waals surface area (Å²) in [6.45, 7) is 0.996. The molecule has 1 aliphatic heterocycles. The van der Waals surface area contributed by atoms with Crippen LogP contribution in [0.4, 0.5) is 18.3 Å². The van der Waals surface area contributed by atoms with Crippen LogP contribution in [0.25, 0.3) is 11.3 Å². The standard InChI is InChI=1S/C20H16Cl2F3N3O2S2/c21-15-8-13(9-16(22)11-15)18-12-31-19(26-18)27-4-6-28(7-5-27)32(29,30)17-3-1-2-14(10-17)20(23,24)25/h1-3,8-12H,4-7H2. The Labute approximate surface area is 197 Å². The number of hydrogen-bond acceptors (Lipinski definition) is 5. The monoisotopic (exact) mass is 521 g/mol. The number of sulfonamides is 1. The molecule has 4 rings (SSSR count). The number of hydrogen-bond donors (Lipinski definition) is 0. The summed E-state index contributed by atoms with van der Waals surface area (Å²) in [7, 11) is -4.04. The smallest absolute Gasteiger partial charge is 0.345 e. The van der Waals surface area contributed by atoms with Gasteiger partial charge in [-0.1, -0.05) is 29.3 Å². The normalized spacial score (nSPS) is 15.8. The van der Waals surface area contributed by atoms with Gasteiger partial charge in [0.05, 0.1) is 16.2 Å². The van der Waals surface area contributed by atoms with Crippen molar-refractivity contribution >= 4 is 49.7 Å². The minimum Gasteiger partial charge on any atom is -0.345 e. The SMILES string of the molecule is O=S(=O)(c1cccc(C(F)(F)F)c1)N1CCN(c2nc(-c3cc(Cl)cc(Cl)c3)cs2)CC1. The fourth-order valence-corrected chi connectivity index (χ4v) is 6.23. The van der Waals surface area contributed by atoms with Crippen LogP contribution in [0.3, 0.4) is 0 Å². The Morgan fingerprint density at radius 3 is 2.25 bits per heavy atom. The molecule has 0 saturated carbocycles. The van der Waals surface area contributed by atoms with Crippen molar-refractivity contribution in [3.8, 4) is 11.3 Å². The molecular formula is C20H16Cl2F3N3O2S2. The molecule has 1 aliphatic rings. The Balaban J connectivity index is 1.47. The lowest BCUT2D eigenvalue weighted by atomic mass is 10.2. The minimum absolute atomic E-state index is 0.135. The van der Waals surface area contributed by atoms with Gasteiger partial charge in [-0.3, -0.25) is 0 Å². The summed E-state index contributed by atoms with van der Waals surface area (Å²) in [4.78, 5) is 6.18. The fraction of sp³-hybridized carbons (Fsp3) is 0.250. The van der Waals surface area contributed by atoms with Gasteiger partial charge >= 0.3 is 6.18 Å². The van der Waals surface area contributed by atoms with E-state index in [9.17, 15) is 21.6 Å². The maximum Gasteiger partial charge on any atom is 0.416 e. The molecule has 0 spiro atoms. The van der Waals surface area contributed by atoms with E-state index in [1.165, 1.54) is 21.7 Å². The number of rotatable bonds is 4. The molecule has 1 saturated heterocycles. The van der Waals surface area contributed by atoms with Crippen molar-refractivity contribution in [1.29, 1.82) is 0 Å². The van der Waals surface area contributed by atoms with E-state index in [1.807, 2.05) is 10.3 Å². The van der Waals surface area contributed by atoms with Crippen LogP contribution in [-0.4, -0.2) is 43.9 Å². The molecule has 1 fully saturated rings. The van der Waals surface area contributed by atoms with Crippen molar-refractivity contribution in [3.63, 3.8) is 0 Å². The molecule has 0 N–H and O–H groups in total. The predicted octanol–water partition coefficient (Wildman–Crippen LogP) is 5.65. The summed E-state index contributed by atoms with van der Waals surface area (Å²) in [5, 5.41) is 3.57. The number of nitrogens with zero attached hydrogens (tertiary/aromatic N) is 3. The molecular weight excluding hydrogens is 506 g/mol. The second-order valence-corrected chi connectivity index (χ2v) is 10.7. The van der Waals surface area contributed by atoms with Gasteiger partial charge in [-0.05, 0) is 36.4 Å². The van der Waals surface area contributed by atoms with Crippen molar-refractivity contribution in [1.82, 2.24) is 9.29 Å². The lowest BCUT2D eigenvalue weighted by molar-refractivity contribution is -0.137. The zero-order chi connectivity index (χ0) is 23.1. The first-order chi connectivity index (χ1) is 15.0. The average Bonchev–Trinajstić information content (AvgIpc) is 3.23. The van der Waals surface area contributed by atoms with Gasteiger partial charge in [0.15, 0.2) is 5.13 Å². The molecule has 0 amide bonds. The van der Waals surface area contributed by atoms with Gasteiger partial charge in [-0.2, -0.15) is 17.5 Å². The lowest BCUT2D eigenvalue weighted by Crippen LogP contribution is -2.48. The van der Waals surface area contributed by atoms with Crippen LogP contribution in [0.15, 0.2) is 52.7 Å². The Hall–Kier alpha value is -1.85. The Kier molecular flexibility index (Phi) is 6.43. The third-order valence-electron chi connectivity index (χ3n) is 4.96. The molecule has 0 atom stereocenters. The zero-order valence-corrected chi connectivity index (χ0v) is 19.5. The highest BCUT2D eigenvalue weighted by atomic mass is 35.5. The number of alkyl halides is 3. The van der Waals surface area contributed by atoms with Crippen LogP contribution in [0, 0.1) is 0 Å². The van der Waals surface area contributed by atoms with E-state index in [0.29, 0.717) is 40.0 Å². The maximum absolute atomic E-state index is 13.0. The lowest BCUT2D eigenvalue weighted by Gasteiger charge is -2.33. The quantitative estimate of drug-likeness (QED) is 0.445. The van der Waals surface area contributed by atoms with E-state index < -0.39 is 21.8 Å². The number of thiazole rings is 1. The first-order valence-electron chi connectivity index (χ1n) is 9.38. The van der Waals surface area contributed by atoms with Crippen LogP contribution >= 0.6 is 34.5 Å². The Bertz CT molecular complexity index is 1220. The molecule has 5 nitrogen and oxygen atoms in total. The summed E-state index contributed by atoms with van der Waals surface area (Å²) < 4.78 is 65.8. The first-order valence-corrected chi connectivity index (χ1v) is 12.5. The van der Waals surface area contributed by atoms with Crippen molar-refractivity contribution in [2.24, 2.45) is 0 Å². The van der Waals surface area contributed by atoms with E-state index in [2.05, 4.69) is 4.98 Å². The van der Waals surface area contributed by atoms with E-state index in [0.717, 1.165) is 17.7 Å². The molecule has 2 aromatic carbocycles. The topological polar surface area (TPSA) is 53.5 Å². The van der Waals surface area contributed by atoms with Gasteiger partial charge in [0, 0.05) is 47.2 Å². The van der Waals surface area contributed by atoms with Gasteiger partial charge in [-0.15, -0.1) is 11.3 Å². The number of halogens is 5. The number of aromatic nitrogens is 1. The van der Waals surface area contributed by atoms with Gasteiger partial charge in [-0.25, -0.2) is 13.4 Å². The van der Waals surface area contributed by atoms with Gasteiger partial charge in [0.2, 0.25) is 10.0 Å². The van der Waals surface area contributed by atoms with Crippen LogP contribution < -0.4 is 4.90 Å². The Morgan fingerprint density at radius 2 is 1.62 bits per heavy atom. The summed E-state index contributed by atoms with van der Waals surface area (Å²) >= 11 is 13.5. The fourth-order valence-electron chi connectivity index (χ4n) is 3.35. The van der Waals surface area contributed by atoms with Crippen molar-refractivity contribution in [2.75, 3.05) is 31.1 Å². The molecule has 0 unspecified atom stereocenters. The average molecular weight is 522 g/mol. The first kappa shape index (κ1) is 23.3. The second kappa shape index (κ2) is 8.83. The summed E-state index contributed by atoms with van der Waals surface area (Å²) in [6.07, 6.45) is -4.61. The number of anilines is 1. The van der Waals surface area contributed by atoms with Crippen molar-refractivity contribution in [3.05, 3.63) is 63.5 Å². The largest absolute Gasteiger partial charge is 0.416 e. The Morgan fingerprint density at radius 1 is 0.969 bits per heavy atom. The second-order valence-electron chi connectivity index (χ2n) is 7.09. The van der Waals surface area contributed by atoms with Crippen LogP contribution in [0.2, 0.25) is 10.0 Å². The molecule has 0 radical (unpaired) electrons. The molecule has 32 heavy (non-hydrogen) atoms. The van der Waals surface area contributed by atoms with E-state index in [-0.39, 0.29) is 18.0 Å². The molecule has 0 aliphatic carbocycles. The minimum atomic E-state index is -4.61. The number of benzene rings is 2. The maximum atomic E-state index is 13.0. The van der Waals surface area contributed by atoms with E-state index >= 15 is 0 Å². The predicted molar refractivity (Wildman–Crippen MR) is 120 cm³/mol. The van der Waals surface area contributed by atoms with Gasteiger partial charge < -0.3 is 4.90 Å². The van der Waals surface area contributed by atoms with Crippen LogP contribution in [-0.2, 0) is 16.2 Å². The van der Waals surface area contributed by atoms with E-state index in [4.69, 9.17) is 23.2 Å².